The van der Waals surface area contributed by atoms with Crippen molar-refractivity contribution < 1.29 is 9.18 Å². The number of hydrogen-bond donors (Lipinski definition) is 2. The third kappa shape index (κ3) is 5.23. The van der Waals surface area contributed by atoms with Gasteiger partial charge in [0.15, 0.2) is 5.82 Å². The molecule has 3 heterocycles. The van der Waals surface area contributed by atoms with E-state index in [2.05, 4.69) is 30.5 Å². The summed E-state index contributed by atoms with van der Waals surface area (Å²) in [5.41, 5.74) is 1.54. The first-order valence-corrected chi connectivity index (χ1v) is 9.75. The average Bonchev–Trinajstić information content (AvgIpc) is 3.23. The molecular formula is C20H26Cl2FN7O. The second-order valence-corrected chi connectivity index (χ2v) is 7.26. The largest absolute Gasteiger partial charge is 0.322 e. The molecular weight excluding hydrogens is 444 g/mol. The number of likely N-dealkylation sites (N-methyl/N-ethyl adjacent to an activating group) is 1. The molecule has 11 heteroatoms. The molecule has 0 fully saturated rings. The predicted molar refractivity (Wildman–Crippen MR) is 121 cm³/mol. The first-order valence-electron chi connectivity index (χ1n) is 9.75. The Hall–Kier alpha value is -2.49. The summed E-state index contributed by atoms with van der Waals surface area (Å²) in [6.45, 7) is 0.847. The van der Waals surface area contributed by atoms with Crippen LogP contribution in [0.5, 0.6) is 0 Å². The summed E-state index contributed by atoms with van der Waals surface area (Å²) in [5.74, 6) is 0.796. The molecule has 0 saturated carbocycles. The molecule has 1 aliphatic rings. The maximum absolute atomic E-state index is 14.5. The van der Waals surface area contributed by atoms with Crippen molar-refractivity contribution in [2.45, 2.75) is 38.3 Å². The van der Waals surface area contributed by atoms with Crippen LogP contribution in [-0.4, -0.2) is 37.5 Å². The van der Waals surface area contributed by atoms with Crippen molar-refractivity contribution in [1.29, 1.82) is 0 Å². The minimum Gasteiger partial charge on any atom is -0.322 e. The molecule has 1 amide bonds. The van der Waals surface area contributed by atoms with Gasteiger partial charge in [-0.2, -0.15) is 5.10 Å². The van der Waals surface area contributed by atoms with E-state index in [-0.39, 0.29) is 36.4 Å². The molecule has 2 N–H and O–H groups in total. The van der Waals surface area contributed by atoms with Crippen LogP contribution in [0.25, 0.3) is 11.4 Å². The van der Waals surface area contributed by atoms with Gasteiger partial charge in [-0.05, 0) is 38.1 Å². The molecule has 1 aliphatic heterocycles. The SMILES string of the molecule is CNC(C(=O)Nc1cc(-c2nnc3n2CCCCC3)ccc1F)c1cnn(C)c1.Cl.Cl. The van der Waals surface area contributed by atoms with E-state index >= 15 is 0 Å². The number of hydrogen-bond acceptors (Lipinski definition) is 5. The zero-order valence-corrected chi connectivity index (χ0v) is 19.0. The standard InChI is InChI=1S/C20H24FN7O.2ClH/c1-22-18(14-11-23-27(2)12-14)20(29)24-16-10-13(7-8-15(16)21)19-26-25-17-6-4-3-5-9-28(17)19;;/h7-8,10-12,18,22H,3-6,9H2,1-2H3,(H,24,29);2*1H. The molecule has 1 unspecified atom stereocenters. The van der Waals surface area contributed by atoms with Crippen molar-refractivity contribution >= 4 is 36.4 Å². The van der Waals surface area contributed by atoms with E-state index in [4.69, 9.17) is 0 Å². The maximum Gasteiger partial charge on any atom is 0.246 e. The Morgan fingerprint density at radius 1 is 1.19 bits per heavy atom. The van der Waals surface area contributed by atoms with Gasteiger partial charge in [0.2, 0.25) is 5.91 Å². The Labute approximate surface area is 192 Å². The highest BCUT2D eigenvalue weighted by Gasteiger charge is 2.22. The summed E-state index contributed by atoms with van der Waals surface area (Å²) in [6.07, 6.45) is 7.58. The van der Waals surface area contributed by atoms with Gasteiger partial charge in [-0.15, -0.1) is 35.0 Å². The fourth-order valence-electron chi connectivity index (χ4n) is 3.70. The fourth-order valence-corrected chi connectivity index (χ4v) is 3.70. The van der Waals surface area contributed by atoms with E-state index in [9.17, 15) is 9.18 Å². The lowest BCUT2D eigenvalue weighted by atomic mass is 10.1. The highest BCUT2D eigenvalue weighted by atomic mass is 35.5. The second-order valence-electron chi connectivity index (χ2n) is 7.26. The molecule has 1 aromatic carbocycles. The summed E-state index contributed by atoms with van der Waals surface area (Å²) >= 11 is 0. The highest BCUT2D eigenvalue weighted by Crippen LogP contribution is 2.27. The molecule has 168 valence electrons. The number of benzene rings is 1. The number of rotatable bonds is 5. The van der Waals surface area contributed by atoms with Crippen molar-refractivity contribution in [2.24, 2.45) is 7.05 Å². The maximum atomic E-state index is 14.5. The number of anilines is 1. The summed E-state index contributed by atoms with van der Waals surface area (Å²) in [4.78, 5) is 12.8. The van der Waals surface area contributed by atoms with Gasteiger partial charge in [-0.1, -0.05) is 6.42 Å². The summed E-state index contributed by atoms with van der Waals surface area (Å²) in [6, 6.07) is 3.99. The first-order chi connectivity index (χ1) is 14.1. The highest BCUT2D eigenvalue weighted by molar-refractivity contribution is 5.96. The van der Waals surface area contributed by atoms with Crippen LogP contribution >= 0.6 is 24.8 Å². The van der Waals surface area contributed by atoms with E-state index in [0.717, 1.165) is 43.6 Å². The van der Waals surface area contributed by atoms with Crippen molar-refractivity contribution in [3.05, 3.63) is 47.8 Å². The normalized spacial score (nSPS) is 13.9. The number of nitrogens with one attached hydrogen (secondary N) is 2. The molecule has 0 radical (unpaired) electrons. The number of amides is 1. The summed E-state index contributed by atoms with van der Waals surface area (Å²) < 4.78 is 18.2. The molecule has 31 heavy (non-hydrogen) atoms. The van der Waals surface area contributed by atoms with Crippen LogP contribution in [0.1, 0.15) is 36.7 Å². The molecule has 0 bridgehead atoms. The van der Waals surface area contributed by atoms with Crippen LogP contribution in [0, 0.1) is 5.82 Å². The molecule has 1 atom stereocenters. The van der Waals surface area contributed by atoms with Gasteiger partial charge in [0.05, 0.1) is 11.9 Å². The molecule has 3 aromatic rings. The third-order valence-electron chi connectivity index (χ3n) is 5.20. The van der Waals surface area contributed by atoms with Crippen molar-refractivity contribution in [3.63, 3.8) is 0 Å². The molecule has 4 rings (SSSR count). The topological polar surface area (TPSA) is 89.7 Å². The Morgan fingerprint density at radius 2 is 2.00 bits per heavy atom. The minimum atomic E-state index is -0.642. The Balaban J connectivity index is 0.00000171. The van der Waals surface area contributed by atoms with Gasteiger partial charge in [0, 0.05) is 37.3 Å². The number of fused-ring (bicyclic) bond motifs is 1. The van der Waals surface area contributed by atoms with Crippen LogP contribution in [0.2, 0.25) is 0 Å². The molecule has 0 saturated heterocycles. The lowest BCUT2D eigenvalue weighted by Crippen LogP contribution is -2.30. The number of nitrogens with zero attached hydrogens (tertiary/aromatic N) is 5. The average molecular weight is 470 g/mol. The van der Waals surface area contributed by atoms with Crippen LogP contribution < -0.4 is 10.6 Å². The van der Waals surface area contributed by atoms with Crippen LogP contribution in [0.4, 0.5) is 10.1 Å². The van der Waals surface area contributed by atoms with Gasteiger partial charge >= 0.3 is 0 Å². The minimum absolute atomic E-state index is 0. The number of carbonyl (C=O) groups excluding carboxylic acids is 1. The van der Waals surface area contributed by atoms with E-state index in [1.165, 1.54) is 6.07 Å². The van der Waals surface area contributed by atoms with Crippen LogP contribution in [-0.2, 0) is 24.8 Å². The molecule has 0 aliphatic carbocycles. The van der Waals surface area contributed by atoms with Crippen LogP contribution in [0.3, 0.4) is 0 Å². The number of carbonyl (C=O) groups is 1. The number of aromatic nitrogens is 5. The quantitative estimate of drug-likeness (QED) is 0.598. The van der Waals surface area contributed by atoms with Gasteiger partial charge in [-0.25, -0.2) is 4.39 Å². The van der Waals surface area contributed by atoms with Crippen molar-refractivity contribution in [2.75, 3.05) is 12.4 Å². The molecule has 8 nitrogen and oxygen atoms in total. The summed E-state index contributed by atoms with van der Waals surface area (Å²) in [5, 5.41) is 18.4. The van der Waals surface area contributed by atoms with Crippen molar-refractivity contribution in [1.82, 2.24) is 29.9 Å². The Morgan fingerprint density at radius 3 is 2.71 bits per heavy atom. The smallest absolute Gasteiger partial charge is 0.246 e. The zero-order valence-electron chi connectivity index (χ0n) is 17.3. The third-order valence-corrected chi connectivity index (χ3v) is 5.20. The van der Waals surface area contributed by atoms with E-state index < -0.39 is 11.9 Å². The predicted octanol–water partition coefficient (Wildman–Crippen LogP) is 3.29. The van der Waals surface area contributed by atoms with Crippen molar-refractivity contribution in [3.8, 4) is 11.4 Å². The first kappa shape index (κ1) is 24.8. The number of aryl methyl sites for hydroxylation is 2. The Kier molecular flexibility index (Phi) is 8.55. The van der Waals surface area contributed by atoms with Gasteiger partial charge < -0.3 is 15.2 Å². The zero-order chi connectivity index (χ0) is 20.4. The van der Waals surface area contributed by atoms with Gasteiger partial charge in [-0.3, -0.25) is 9.48 Å². The van der Waals surface area contributed by atoms with Gasteiger partial charge in [0.25, 0.3) is 0 Å². The lowest BCUT2D eigenvalue weighted by Gasteiger charge is -2.16. The fraction of sp³-hybridized carbons (Fsp3) is 0.400. The molecule has 0 spiro atoms. The van der Waals surface area contributed by atoms with E-state index in [1.807, 2.05) is 0 Å². The van der Waals surface area contributed by atoms with E-state index in [1.54, 1.807) is 43.3 Å². The van der Waals surface area contributed by atoms with Crippen LogP contribution in [0.15, 0.2) is 30.6 Å². The van der Waals surface area contributed by atoms with Gasteiger partial charge in [0.1, 0.15) is 17.7 Å². The Bertz CT molecular complexity index is 1040. The second kappa shape index (κ2) is 10.7. The van der Waals surface area contributed by atoms with E-state index in [0.29, 0.717) is 11.4 Å². The summed E-state index contributed by atoms with van der Waals surface area (Å²) in [7, 11) is 3.45. The monoisotopic (exact) mass is 469 g/mol. The molecule has 2 aromatic heterocycles. The lowest BCUT2D eigenvalue weighted by molar-refractivity contribution is -0.118. The number of halogens is 3.